The first-order valence-corrected chi connectivity index (χ1v) is 9.36. The normalized spacial score (nSPS) is 12.8. The summed E-state index contributed by atoms with van der Waals surface area (Å²) in [6.07, 6.45) is 1.66. The summed E-state index contributed by atoms with van der Waals surface area (Å²) >= 11 is 0. The molecule has 6 heteroatoms. The number of hydrogen-bond acceptors (Lipinski definition) is 4. The van der Waals surface area contributed by atoms with Gasteiger partial charge in [0.2, 0.25) is 0 Å². The Balaban J connectivity index is 1.51. The minimum Gasteiger partial charge on any atom is -0.486 e. The lowest BCUT2D eigenvalue weighted by atomic mass is 10.1. The van der Waals surface area contributed by atoms with Gasteiger partial charge >= 0.3 is 0 Å². The van der Waals surface area contributed by atoms with Gasteiger partial charge in [-0.1, -0.05) is 6.07 Å². The molecule has 0 fully saturated rings. The zero-order valence-electron chi connectivity index (χ0n) is 16.4. The SMILES string of the molecule is Cc1cc(C(=O)N(C)Cc2ccc3c(c2)OCCO3)c(C)n1Cc1ccco1. The van der Waals surface area contributed by atoms with Gasteiger partial charge in [-0.15, -0.1) is 0 Å². The smallest absolute Gasteiger partial charge is 0.255 e. The van der Waals surface area contributed by atoms with E-state index in [2.05, 4.69) is 4.57 Å². The number of nitrogens with zero attached hydrogens (tertiary/aromatic N) is 2. The van der Waals surface area contributed by atoms with E-state index in [1.165, 1.54) is 0 Å². The Kier molecular flexibility index (Phi) is 4.86. The van der Waals surface area contributed by atoms with Crippen molar-refractivity contribution in [2.45, 2.75) is 26.9 Å². The second-order valence-electron chi connectivity index (χ2n) is 7.09. The quantitative estimate of drug-likeness (QED) is 0.676. The van der Waals surface area contributed by atoms with E-state index in [0.29, 0.717) is 31.9 Å². The average molecular weight is 380 g/mol. The number of ether oxygens (including phenoxy) is 2. The number of carbonyl (C=O) groups excluding carboxylic acids is 1. The van der Waals surface area contributed by atoms with E-state index in [4.69, 9.17) is 13.9 Å². The van der Waals surface area contributed by atoms with E-state index in [-0.39, 0.29) is 5.91 Å². The minimum atomic E-state index is -0.00585. The van der Waals surface area contributed by atoms with Crippen molar-refractivity contribution in [3.63, 3.8) is 0 Å². The number of carbonyl (C=O) groups is 1. The molecule has 0 radical (unpaired) electrons. The van der Waals surface area contributed by atoms with E-state index in [1.807, 2.05) is 57.3 Å². The van der Waals surface area contributed by atoms with Crippen molar-refractivity contribution in [1.82, 2.24) is 9.47 Å². The van der Waals surface area contributed by atoms with Crippen LogP contribution in [0.3, 0.4) is 0 Å². The molecule has 1 aliphatic rings. The summed E-state index contributed by atoms with van der Waals surface area (Å²) in [6.45, 7) is 6.21. The van der Waals surface area contributed by atoms with E-state index in [0.717, 1.165) is 34.2 Å². The molecule has 2 aromatic heterocycles. The molecule has 0 saturated carbocycles. The number of rotatable bonds is 5. The van der Waals surface area contributed by atoms with Crippen LogP contribution in [-0.2, 0) is 13.1 Å². The van der Waals surface area contributed by atoms with Crippen LogP contribution in [0.2, 0.25) is 0 Å². The first kappa shape index (κ1) is 18.2. The Morgan fingerprint density at radius 2 is 1.89 bits per heavy atom. The fourth-order valence-electron chi connectivity index (χ4n) is 3.56. The molecule has 6 nitrogen and oxygen atoms in total. The molecular formula is C22H24N2O4. The monoisotopic (exact) mass is 380 g/mol. The van der Waals surface area contributed by atoms with Gasteiger partial charge in [0, 0.05) is 25.0 Å². The van der Waals surface area contributed by atoms with Crippen molar-refractivity contribution in [3.8, 4) is 11.5 Å². The summed E-state index contributed by atoms with van der Waals surface area (Å²) in [5, 5.41) is 0. The Hall–Kier alpha value is -3.15. The zero-order valence-corrected chi connectivity index (χ0v) is 16.4. The molecule has 3 heterocycles. The summed E-state index contributed by atoms with van der Waals surface area (Å²) in [7, 11) is 1.82. The van der Waals surface area contributed by atoms with Crippen LogP contribution in [0.1, 0.15) is 33.1 Å². The van der Waals surface area contributed by atoms with Crippen LogP contribution < -0.4 is 9.47 Å². The lowest BCUT2D eigenvalue weighted by Gasteiger charge is -2.21. The number of benzene rings is 1. The fraction of sp³-hybridized carbons (Fsp3) is 0.318. The second-order valence-corrected chi connectivity index (χ2v) is 7.09. The van der Waals surface area contributed by atoms with Gasteiger partial charge in [0.1, 0.15) is 19.0 Å². The van der Waals surface area contributed by atoms with Crippen molar-refractivity contribution in [2.24, 2.45) is 0 Å². The number of fused-ring (bicyclic) bond motifs is 1. The first-order valence-electron chi connectivity index (χ1n) is 9.36. The standard InChI is InChI=1S/C22H24N2O4/c1-15-11-19(16(2)24(15)14-18-5-4-8-26-18)22(25)23(3)13-17-6-7-20-21(12-17)28-10-9-27-20/h4-8,11-12H,9-10,13-14H2,1-3H3. The molecule has 0 atom stereocenters. The lowest BCUT2D eigenvalue weighted by molar-refractivity contribution is 0.0784. The third kappa shape index (κ3) is 3.50. The Labute approximate surface area is 164 Å². The molecule has 1 amide bonds. The van der Waals surface area contributed by atoms with Gasteiger partial charge in [0.25, 0.3) is 5.91 Å². The maximum Gasteiger partial charge on any atom is 0.255 e. The van der Waals surface area contributed by atoms with E-state index < -0.39 is 0 Å². The van der Waals surface area contributed by atoms with E-state index in [9.17, 15) is 4.79 Å². The molecule has 3 aromatic rings. The highest BCUT2D eigenvalue weighted by Gasteiger charge is 2.20. The topological polar surface area (TPSA) is 56.8 Å². The lowest BCUT2D eigenvalue weighted by Crippen LogP contribution is -2.26. The molecule has 1 aromatic carbocycles. The van der Waals surface area contributed by atoms with Crippen LogP contribution in [0.5, 0.6) is 11.5 Å². The fourth-order valence-corrected chi connectivity index (χ4v) is 3.56. The molecule has 0 N–H and O–H groups in total. The second kappa shape index (κ2) is 7.46. The molecule has 0 unspecified atom stereocenters. The van der Waals surface area contributed by atoms with Gasteiger partial charge in [-0.05, 0) is 49.7 Å². The third-order valence-corrected chi connectivity index (χ3v) is 5.07. The van der Waals surface area contributed by atoms with Gasteiger partial charge in [0.05, 0.1) is 18.4 Å². The van der Waals surface area contributed by atoms with Crippen LogP contribution >= 0.6 is 0 Å². The van der Waals surface area contributed by atoms with Crippen molar-refractivity contribution >= 4 is 5.91 Å². The van der Waals surface area contributed by atoms with Crippen molar-refractivity contribution in [2.75, 3.05) is 20.3 Å². The van der Waals surface area contributed by atoms with Crippen LogP contribution in [0.25, 0.3) is 0 Å². The predicted octanol–water partition coefficient (Wildman–Crippen LogP) is 3.79. The van der Waals surface area contributed by atoms with E-state index in [1.54, 1.807) is 11.2 Å². The summed E-state index contributed by atoms with van der Waals surface area (Å²) in [6, 6.07) is 11.6. The van der Waals surface area contributed by atoms with Crippen LogP contribution in [0, 0.1) is 13.8 Å². The molecule has 0 bridgehead atoms. The van der Waals surface area contributed by atoms with Gasteiger partial charge < -0.3 is 23.4 Å². The minimum absolute atomic E-state index is 0.00585. The number of aryl methyl sites for hydroxylation is 1. The van der Waals surface area contributed by atoms with Crippen LogP contribution in [0.15, 0.2) is 47.1 Å². The number of aromatic nitrogens is 1. The van der Waals surface area contributed by atoms with Gasteiger partial charge in [-0.25, -0.2) is 0 Å². The van der Waals surface area contributed by atoms with E-state index >= 15 is 0 Å². The number of hydrogen-bond donors (Lipinski definition) is 0. The maximum atomic E-state index is 13.1. The largest absolute Gasteiger partial charge is 0.486 e. The maximum absolute atomic E-state index is 13.1. The first-order chi connectivity index (χ1) is 13.5. The summed E-state index contributed by atoms with van der Waals surface area (Å²) in [5.74, 6) is 2.35. The van der Waals surface area contributed by atoms with Crippen molar-refractivity contribution in [1.29, 1.82) is 0 Å². The zero-order chi connectivity index (χ0) is 19.7. The summed E-state index contributed by atoms with van der Waals surface area (Å²) < 4.78 is 18.7. The number of amides is 1. The molecule has 28 heavy (non-hydrogen) atoms. The molecular weight excluding hydrogens is 356 g/mol. The van der Waals surface area contributed by atoms with Crippen LogP contribution in [-0.4, -0.2) is 35.6 Å². The number of furan rings is 1. The van der Waals surface area contributed by atoms with Crippen molar-refractivity contribution in [3.05, 3.63) is 70.9 Å². The van der Waals surface area contributed by atoms with Crippen molar-refractivity contribution < 1.29 is 18.7 Å². The predicted molar refractivity (Wildman–Crippen MR) is 105 cm³/mol. The third-order valence-electron chi connectivity index (χ3n) is 5.07. The van der Waals surface area contributed by atoms with Gasteiger partial charge in [-0.2, -0.15) is 0 Å². The Bertz CT molecular complexity index is 988. The highest BCUT2D eigenvalue weighted by molar-refractivity contribution is 5.95. The van der Waals surface area contributed by atoms with Gasteiger partial charge in [0.15, 0.2) is 11.5 Å². The highest BCUT2D eigenvalue weighted by atomic mass is 16.6. The molecule has 0 saturated heterocycles. The Morgan fingerprint density at radius 1 is 1.11 bits per heavy atom. The van der Waals surface area contributed by atoms with Crippen LogP contribution in [0.4, 0.5) is 0 Å². The summed E-state index contributed by atoms with van der Waals surface area (Å²) in [4.78, 5) is 14.8. The Morgan fingerprint density at radius 3 is 2.64 bits per heavy atom. The molecule has 146 valence electrons. The molecule has 0 spiro atoms. The highest BCUT2D eigenvalue weighted by Crippen LogP contribution is 2.31. The molecule has 1 aliphatic heterocycles. The molecule has 4 rings (SSSR count). The average Bonchev–Trinajstić information content (AvgIpc) is 3.31. The summed E-state index contributed by atoms with van der Waals surface area (Å²) in [5.41, 5.74) is 3.69. The van der Waals surface area contributed by atoms with Gasteiger partial charge in [-0.3, -0.25) is 4.79 Å². The molecule has 0 aliphatic carbocycles.